The standard InChI is InChI=1S/C14H23N3O3S/c1-11(2)17(10-12-6-4-5-8-16-12)14(18)13(15)7-9-21(3,19)20/h4-6,8,11,13H,7,9-10,15H2,1-3H3. The summed E-state index contributed by atoms with van der Waals surface area (Å²) in [6, 6.07) is 4.65. The highest BCUT2D eigenvalue weighted by Gasteiger charge is 2.24. The molecule has 1 heterocycles. The van der Waals surface area contributed by atoms with Crippen molar-refractivity contribution in [3.05, 3.63) is 30.1 Å². The average molecular weight is 313 g/mol. The highest BCUT2D eigenvalue weighted by Crippen LogP contribution is 2.09. The fraction of sp³-hybridized carbons (Fsp3) is 0.571. The van der Waals surface area contributed by atoms with Crippen molar-refractivity contribution in [3.63, 3.8) is 0 Å². The van der Waals surface area contributed by atoms with Crippen LogP contribution < -0.4 is 5.73 Å². The van der Waals surface area contributed by atoms with Gasteiger partial charge in [0.1, 0.15) is 9.84 Å². The van der Waals surface area contributed by atoms with E-state index in [4.69, 9.17) is 5.73 Å². The van der Waals surface area contributed by atoms with Crippen LogP contribution in [0.1, 0.15) is 26.0 Å². The molecule has 21 heavy (non-hydrogen) atoms. The van der Waals surface area contributed by atoms with Gasteiger partial charge in [0.25, 0.3) is 0 Å². The Bertz CT molecular complexity index is 558. The molecule has 1 aromatic heterocycles. The molecule has 0 spiro atoms. The quantitative estimate of drug-likeness (QED) is 0.795. The molecule has 1 unspecified atom stereocenters. The fourth-order valence-electron chi connectivity index (χ4n) is 1.86. The van der Waals surface area contributed by atoms with Crippen molar-refractivity contribution >= 4 is 15.7 Å². The first-order chi connectivity index (χ1) is 9.70. The van der Waals surface area contributed by atoms with E-state index in [1.54, 1.807) is 11.1 Å². The minimum absolute atomic E-state index is 0.0382. The molecule has 2 N–H and O–H groups in total. The maximum absolute atomic E-state index is 12.4. The van der Waals surface area contributed by atoms with Crippen molar-refractivity contribution in [2.24, 2.45) is 5.73 Å². The van der Waals surface area contributed by atoms with Gasteiger partial charge in [0.2, 0.25) is 5.91 Å². The van der Waals surface area contributed by atoms with Crippen LogP contribution in [-0.4, -0.2) is 48.3 Å². The van der Waals surface area contributed by atoms with Crippen molar-refractivity contribution in [1.82, 2.24) is 9.88 Å². The largest absolute Gasteiger partial charge is 0.333 e. The van der Waals surface area contributed by atoms with Crippen LogP contribution >= 0.6 is 0 Å². The minimum atomic E-state index is -3.12. The summed E-state index contributed by atoms with van der Waals surface area (Å²) in [5.74, 6) is -0.339. The Morgan fingerprint density at radius 2 is 2.05 bits per heavy atom. The molecule has 0 saturated heterocycles. The Balaban J connectivity index is 2.73. The van der Waals surface area contributed by atoms with E-state index in [0.717, 1.165) is 11.9 Å². The SMILES string of the molecule is CC(C)N(Cc1ccccn1)C(=O)C(N)CCS(C)(=O)=O. The second-order valence-corrected chi connectivity index (χ2v) is 7.67. The van der Waals surface area contributed by atoms with Gasteiger partial charge >= 0.3 is 0 Å². The molecule has 0 aromatic carbocycles. The fourth-order valence-corrected chi connectivity index (χ4v) is 2.54. The number of carbonyl (C=O) groups is 1. The van der Waals surface area contributed by atoms with Crippen LogP contribution in [0.4, 0.5) is 0 Å². The highest BCUT2D eigenvalue weighted by molar-refractivity contribution is 7.90. The summed E-state index contributed by atoms with van der Waals surface area (Å²) in [4.78, 5) is 18.2. The topological polar surface area (TPSA) is 93.4 Å². The molecule has 1 rings (SSSR count). The summed E-state index contributed by atoms with van der Waals surface area (Å²) >= 11 is 0. The lowest BCUT2D eigenvalue weighted by Gasteiger charge is -2.29. The van der Waals surface area contributed by atoms with Crippen LogP contribution in [0.5, 0.6) is 0 Å². The molecule has 0 radical (unpaired) electrons. The van der Waals surface area contributed by atoms with Crippen LogP contribution in [0.2, 0.25) is 0 Å². The van der Waals surface area contributed by atoms with Crippen molar-refractivity contribution in [3.8, 4) is 0 Å². The van der Waals surface area contributed by atoms with Gasteiger partial charge in [-0.15, -0.1) is 0 Å². The van der Waals surface area contributed by atoms with Crippen LogP contribution in [-0.2, 0) is 21.2 Å². The molecule has 1 atom stereocenters. The molecule has 0 bridgehead atoms. The van der Waals surface area contributed by atoms with Crippen LogP contribution in [0.15, 0.2) is 24.4 Å². The van der Waals surface area contributed by atoms with Gasteiger partial charge in [0, 0.05) is 18.5 Å². The smallest absolute Gasteiger partial charge is 0.240 e. The van der Waals surface area contributed by atoms with Gasteiger partial charge in [-0.25, -0.2) is 8.42 Å². The first-order valence-electron chi connectivity index (χ1n) is 6.84. The Morgan fingerprint density at radius 3 is 2.52 bits per heavy atom. The molecule has 0 aliphatic carbocycles. The zero-order valence-electron chi connectivity index (χ0n) is 12.7. The van der Waals surface area contributed by atoms with Gasteiger partial charge in [-0.1, -0.05) is 6.07 Å². The van der Waals surface area contributed by atoms with Crippen LogP contribution in [0.25, 0.3) is 0 Å². The second kappa shape index (κ2) is 7.51. The number of pyridine rings is 1. The van der Waals surface area contributed by atoms with E-state index in [0.29, 0.717) is 6.54 Å². The summed E-state index contributed by atoms with van der Waals surface area (Å²) in [7, 11) is -3.12. The van der Waals surface area contributed by atoms with Gasteiger partial charge < -0.3 is 10.6 Å². The lowest BCUT2D eigenvalue weighted by molar-refractivity contribution is -0.135. The molecular weight excluding hydrogens is 290 g/mol. The van der Waals surface area contributed by atoms with Gasteiger partial charge in [0.05, 0.1) is 24.0 Å². The Hall–Kier alpha value is -1.47. The van der Waals surface area contributed by atoms with Gasteiger partial charge in [-0.05, 0) is 32.4 Å². The third-order valence-electron chi connectivity index (χ3n) is 3.08. The van der Waals surface area contributed by atoms with Gasteiger partial charge in [-0.2, -0.15) is 0 Å². The monoisotopic (exact) mass is 313 g/mol. The van der Waals surface area contributed by atoms with Crippen molar-refractivity contribution in [2.45, 2.75) is 38.9 Å². The predicted molar refractivity (Wildman–Crippen MR) is 82.2 cm³/mol. The zero-order valence-corrected chi connectivity index (χ0v) is 13.5. The van der Waals surface area contributed by atoms with Gasteiger partial charge in [0.15, 0.2) is 0 Å². The second-order valence-electron chi connectivity index (χ2n) is 5.41. The van der Waals surface area contributed by atoms with Crippen LogP contribution in [0.3, 0.4) is 0 Å². The molecule has 0 aliphatic heterocycles. The number of hydrogen-bond donors (Lipinski definition) is 1. The Labute approximate surface area is 126 Å². The average Bonchev–Trinajstić information content (AvgIpc) is 2.41. The molecule has 118 valence electrons. The van der Waals surface area contributed by atoms with E-state index in [2.05, 4.69) is 4.98 Å². The molecular formula is C14H23N3O3S. The number of hydrogen-bond acceptors (Lipinski definition) is 5. The van der Waals surface area contributed by atoms with Crippen LogP contribution in [0, 0.1) is 0 Å². The lowest BCUT2D eigenvalue weighted by atomic mass is 10.1. The molecule has 1 aromatic rings. The minimum Gasteiger partial charge on any atom is -0.333 e. The number of rotatable bonds is 7. The summed E-state index contributed by atoms with van der Waals surface area (Å²) in [6.07, 6.45) is 2.93. The number of amides is 1. The highest BCUT2D eigenvalue weighted by atomic mass is 32.2. The molecule has 0 fully saturated rings. The molecule has 1 amide bonds. The first kappa shape index (κ1) is 17.6. The Kier molecular flexibility index (Phi) is 6.29. The molecule has 7 heteroatoms. The Morgan fingerprint density at radius 1 is 1.38 bits per heavy atom. The number of carbonyl (C=O) groups excluding carboxylic acids is 1. The van der Waals surface area contributed by atoms with Crippen molar-refractivity contribution in [1.29, 1.82) is 0 Å². The maximum Gasteiger partial charge on any atom is 0.240 e. The van der Waals surface area contributed by atoms with E-state index < -0.39 is 15.9 Å². The van der Waals surface area contributed by atoms with E-state index in [9.17, 15) is 13.2 Å². The normalized spacial score (nSPS) is 13.2. The third kappa shape index (κ3) is 6.22. The van der Waals surface area contributed by atoms with Crippen molar-refractivity contribution in [2.75, 3.05) is 12.0 Å². The maximum atomic E-state index is 12.4. The van der Waals surface area contributed by atoms with E-state index in [1.165, 1.54) is 0 Å². The zero-order chi connectivity index (χ0) is 16.0. The summed E-state index contributed by atoms with van der Waals surface area (Å²) < 4.78 is 22.3. The number of aromatic nitrogens is 1. The van der Waals surface area contributed by atoms with E-state index in [1.807, 2.05) is 32.0 Å². The predicted octanol–water partition coefficient (Wildman–Crippen LogP) is 0.581. The molecule has 6 nitrogen and oxygen atoms in total. The van der Waals surface area contributed by atoms with Gasteiger partial charge in [-0.3, -0.25) is 9.78 Å². The van der Waals surface area contributed by atoms with E-state index in [-0.39, 0.29) is 24.1 Å². The van der Waals surface area contributed by atoms with E-state index >= 15 is 0 Å². The summed E-state index contributed by atoms with van der Waals surface area (Å²) in [5, 5.41) is 0. The number of sulfone groups is 1. The number of nitrogens with two attached hydrogens (primary N) is 1. The molecule has 0 aliphatic rings. The first-order valence-corrected chi connectivity index (χ1v) is 8.90. The summed E-state index contributed by atoms with van der Waals surface area (Å²) in [6.45, 7) is 4.15. The number of nitrogens with zero attached hydrogens (tertiary/aromatic N) is 2. The van der Waals surface area contributed by atoms with Crippen molar-refractivity contribution < 1.29 is 13.2 Å². The molecule has 0 saturated carbocycles. The lowest BCUT2D eigenvalue weighted by Crippen LogP contribution is -2.47. The third-order valence-corrected chi connectivity index (χ3v) is 4.06. The summed E-state index contributed by atoms with van der Waals surface area (Å²) in [5.41, 5.74) is 6.61.